The molecule has 11 aromatic rings. The number of allylic oxidation sites excluding steroid dienone is 4. The summed E-state index contributed by atoms with van der Waals surface area (Å²) in [6.45, 7) is 2.30. The summed E-state index contributed by atoms with van der Waals surface area (Å²) in [7, 11) is 0. The Kier molecular flexibility index (Phi) is 7.27. The Morgan fingerprint density at radius 3 is 1.52 bits per heavy atom. The lowest BCUT2D eigenvalue weighted by atomic mass is 9.84. The molecule has 1 aliphatic carbocycles. The van der Waals surface area contributed by atoms with Crippen molar-refractivity contribution in [2.24, 2.45) is 5.92 Å². The minimum Gasteiger partial charge on any atom is -0.456 e. The van der Waals surface area contributed by atoms with Gasteiger partial charge in [0.1, 0.15) is 11.2 Å². The average molecular weight is 743 g/mol. The Hall–Kier alpha value is -7.36. The number of benzene rings is 8. The molecule has 0 radical (unpaired) electrons. The van der Waals surface area contributed by atoms with Gasteiger partial charge in [0.2, 0.25) is 0 Å². The molecule has 2 unspecified atom stereocenters. The van der Waals surface area contributed by atoms with Gasteiger partial charge >= 0.3 is 0 Å². The molecule has 3 aromatic heterocycles. The lowest BCUT2D eigenvalue weighted by Gasteiger charge is -2.21. The van der Waals surface area contributed by atoms with Crippen LogP contribution in [0.4, 0.5) is 0 Å². The second-order valence-corrected chi connectivity index (χ2v) is 15.8. The fourth-order valence-corrected chi connectivity index (χ4v) is 9.55. The Balaban J connectivity index is 1.04. The lowest BCUT2D eigenvalue weighted by molar-refractivity contribution is 0.635. The van der Waals surface area contributed by atoms with E-state index < -0.39 is 0 Å². The fraction of sp³-hybridized carbons (Fsp3) is 0.0545. The van der Waals surface area contributed by atoms with Gasteiger partial charge in [-0.05, 0) is 119 Å². The highest BCUT2D eigenvalue weighted by molar-refractivity contribution is 6.14. The summed E-state index contributed by atoms with van der Waals surface area (Å²) in [5.74, 6) is 0.848. The maximum atomic E-state index is 6.19. The van der Waals surface area contributed by atoms with Crippen molar-refractivity contribution >= 4 is 65.6 Å². The minimum absolute atomic E-state index is 0.381. The first-order valence-corrected chi connectivity index (χ1v) is 20.2. The Labute approximate surface area is 336 Å². The highest BCUT2D eigenvalue weighted by Gasteiger charge is 2.20. The highest BCUT2D eigenvalue weighted by atomic mass is 16.3. The van der Waals surface area contributed by atoms with Crippen LogP contribution < -0.4 is 0 Å². The average Bonchev–Trinajstić information content (AvgIpc) is 3.93. The summed E-state index contributed by atoms with van der Waals surface area (Å²) < 4.78 is 11.0. The van der Waals surface area contributed by atoms with Gasteiger partial charge in [-0.2, -0.15) is 0 Å². The molecule has 3 heterocycles. The van der Waals surface area contributed by atoms with Crippen LogP contribution in [-0.2, 0) is 0 Å². The van der Waals surface area contributed by atoms with Gasteiger partial charge in [-0.15, -0.1) is 0 Å². The number of rotatable bonds is 5. The van der Waals surface area contributed by atoms with Crippen molar-refractivity contribution in [1.29, 1.82) is 0 Å². The Morgan fingerprint density at radius 2 is 0.862 bits per heavy atom. The summed E-state index contributed by atoms with van der Waals surface area (Å²) >= 11 is 0. The lowest BCUT2D eigenvalue weighted by Crippen LogP contribution is -2.07. The molecule has 3 heteroatoms. The summed E-state index contributed by atoms with van der Waals surface area (Å²) in [4.78, 5) is 0. The number of furan rings is 1. The zero-order valence-corrected chi connectivity index (χ0v) is 32.0. The smallest absolute Gasteiger partial charge is 0.135 e. The summed E-state index contributed by atoms with van der Waals surface area (Å²) in [5, 5.41) is 7.25. The van der Waals surface area contributed by atoms with Gasteiger partial charge in [-0.1, -0.05) is 122 Å². The Morgan fingerprint density at radius 1 is 0.379 bits per heavy atom. The second-order valence-electron chi connectivity index (χ2n) is 15.8. The van der Waals surface area contributed by atoms with Gasteiger partial charge in [-0.25, -0.2) is 0 Å². The molecule has 58 heavy (non-hydrogen) atoms. The van der Waals surface area contributed by atoms with Gasteiger partial charge in [0, 0.05) is 49.6 Å². The number of nitrogens with zero attached hydrogens (tertiary/aromatic N) is 2. The third-order valence-electron chi connectivity index (χ3n) is 12.4. The molecular weight excluding hydrogens is 705 g/mol. The van der Waals surface area contributed by atoms with Crippen LogP contribution in [0.2, 0.25) is 0 Å². The summed E-state index contributed by atoms with van der Waals surface area (Å²) in [6, 6.07) is 64.4. The largest absolute Gasteiger partial charge is 0.456 e. The van der Waals surface area contributed by atoms with Crippen molar-refractivity contribution in [2.45, 2.75) is 12.8 Å². The molecule has 8 aromatic carbocycles. The van der Waals surface area contributed by atoms with E-state index in [9.17, 15) is 0 Å². The van der Waals surface area contributed by atoms with Crippen LogP contribution >= 0.6 is 0 Å². The molecule has 1 aliphatic rings. The van der Waals surface area contributed by atoms with Crippen molar-refractivity contribution in [3.05, 3.63) is 206 Å². The predicted octanol–water partition coefficient (Wildman–Crippen LogP) is 15.0. The maximum absolute atomic E-state index is 6.19. The molecule has 12 rings (SSSR count). The van der Waals surface area contributed by atoms with E-state index in [4.69, 9.17) is 4.42 Å². The van der Waals surface area contributed by atoms with E-state index in [1.54, 1.807) is 0 Å². The van der Waals surface area contributed by atoms with E-state index in [0.717, 1.165) is 27.6 Å². The number of hydrogen-bond donors (Lipinski definition) is 0. The van der Waals surface area contributed by atoms with Crippen molar-refractivity contribution in [3.63, 3.8) is 0 Å². The molecule has 0 N–H and O–H groups in total. The molecule has 0 aliphatic heterocycles. The molecule has 0 bridgehead atoms. The number of para-hydroxylation sites is 3. The van der Waals surface area contributed by atoms with Gasteiger partial charge in [0.25, 0.3) is 0 Å². The van der Waals surface area contributed by atoms with E-state index in [2.05, 4.69) is 204 Å². The van der Waals surface area contributed by atoms with Gasteiger partial charge in [0.15, 0.2) is 0 Å². The van der Waals surface area contributed by atoms with E-state index in [-0.39, 0.29) is 0 Å². The number of aromatic nitrogens is 2. The third kappa shape index (κ3) is 5.06. The quantitative estimate of drug-likeness (QED) is 0.172. The van der Waals surface area contributed by atoms with Crippen LogP contribution in [0.1, 0.15) is 18.4 Å². The molecule has 0 amide bonds. The van der Waals surface area contributed by atoms with Crippen LogP contribution in [0.3, 0.4) is 0 Å². The topological polar surface area (TPSA) is 23.0 Å². The van der Waals surface area contributed by atoms with Crippen LogP contribution in [0.25, 0.3) is 99.2 Å². The monoisotopic (exact) mass is 742 g/mol. The van der Waals surface area contributed by atoms with Crippen LogP contribution in [0.15, 0.2) is 205 Å². The first-order valence-electron chi connectivity index (χ1n) is 20.2. The third-order valence-corrected chi connectivity index (χ3v) is 12.4. The SMILES string of the molecule is CC1C=CC=CC1c1ccc(-n2c3ccc(-c4ccc5oc6ccccc6c5c4)cc3c3cc(-c4ccc5c(c4)c4ccccc4n5-c4ccccc4)ccc32)cc1. The van der Waals surface area contributed by atoms with Crippen molar-refractivity contribution in [2.75, 3.05) is 0 Å². The van der Waals surface area contributed by atoms with Crippen LogP contribution in [0, 0.1) is 5.92 Å². The van der Waals surface area contributed by atoms with Crippen molar-refractivity contribution in [3.8, 4) is 33.6 Å². The van der Waals surface area contributed by atoms with E-state index in [1.807, 2.05) is 12.1 Å². The maximum Gasteiger partial charge on any atom is 0.135 e. The standard InChI is InChI=1S/C55H38N2O/c1-35-11-5-6-14-43(35)36-19-25-42(26-20-36)57-52-28-22-38(37-21-27-51-46(31-37)44-15-7-9-17-50(44)56(51)41-12-3-2-4-13-41)32-47(52)48-33-39(23-29-53(48)57)40-24-30-55-49(34-40)45-16-8-10-18-54(45)58-55/h2-35,43H,1H3. The van der Waals surface area contributed by atoms with Crippen LogP contribution in [-0.4, -0.2) is 9.13 Å². The first kappa shape index (κ1) is 32.8. The van der Waals surface area contributed by atoms with E-state index in [0.29, 0.717) is 11.8 Å². The van der Waals surface area contributed by atoms with Crippen molar-refractivity contribution in [1.82, 2.24) is 9.13 Å². The van der Waals surface area contributed by atoms with Gasteiger partial charge in [0.05, 0.1) is 22.1 Å². The fourth-order valence-electron chi connectivity index (χ4n) is 9.55. The molecule has 0 saturated carbocycles. The number of hydrogen-bond acceptors (Lipinski definition) is 1. The molecule has 0 fully saturated rings. The summed E-state index contributed by atoms with van der Waals surface area (Å²) in [6.07, 6.45) is 8.95. The highest BCUT2D eigenvalue weighted by Crippen LogP contribution is 2.41. The minimum atomic E-state index is 0.381. The first-order chi connectivity index (χ1) is 28.7. The van der Waals surface area contributed by atoms with Crippen LogP contribution in [0.5, 0.6) is 0 Å². The van der Waals surface area contributed by atoms with Gasteiger partial charge < -0.3 is 13.6 Å². The molecular formula is C55H38N2O. The molecule has 0 spiro atoms. The second kappa shape index (κ2) is 12.8. The molecule has 2 atom stereocenters. The predicted molar refractivity (Wildman–Crippen MR) is 243 cm³/mol. The molecule has 3 nitrogen and oxygen atoms in total. The zero-order chi connectivity index (χ0) is 38.3. The zero-order valence-electron chi connectivity index (χ0n) is 32.0. The summed E-state index contributed by atoms with van der Waals surface area (Å²) in [5.41, 5.74) is 15.0. The van der Waals surface area contributed by atoms with Crippen molar-refractivity contribution < 1.29 is 4.42 Å². The Bertz CT molecular complexity index is 3460. The van der Waals surface area contributed by atoms with Gasteiger partial charge in [-0.3, -0.25) is 0 Å². The number of fused-ring (bicyclic) bond motifs is 9. The molecule has 0 saturated heterocycles. The normalized spacial score (nSPS) is 15.5. The molecule has 274 valence electrons. The van der Waals surface area contributed by atoms with E-state index in [1.165, 1.54) is 77.1 Å². The van der Waals surface area contributed by atoms with E-state index >= 15 is 0 Å².